The summed E-state index contributed by atoms with van der Waals surface area (Å²) >= 11 is 0. The molecule has 1 heterocycles. The first kappa shape index (κ1) is 14.5. The molecule has 1 aromatic carbocycles. The number of carbonyl (C=O) groups is 2. The van der Waals surface area contributed by atoms with Crippen molar-refractivity contribution in [3.05, 3.63) is 41.3 Å². The summed E-state index contributed by atoms with van der Waals surface area (Å²) in [4.78, 5) is 24.6. The molecule has 106 valence electrons. The number of para-hydroxylation sites is 1. The summed E-state index contributed by atoms with van der Waals surface area (Å²) in [6, 6.07) is 8.25. The largest absolute Gasteiger partial charge is 0.277 e. The highest BCUT2D eigenvalue weighted by Crippen LogP contribution is 2.30. The lowest BCUT2D eigenvalue weighted by molar-refractivity contribution is -0.120. The second-order valence-corrected chi connectivity index (χ2v) is 8.11. The Labute approximate surface area is 117 Å². The maximum Gasteiger partial charge on any atom is 0.277 e. The monoisotopic (exact) mass is 293 g/mol. The van der Waals surface area contributed by atoms with E-state index in [9.17, 15) is 18.0 Å². The Bertz CT molecular complexity index is 696. The Morgan fingerprint density at radius 2 is 1.55 bits per heavy atom. The fraction of sp³-hybridized carbons (Fsp3) is 0.286. The van der Waals surface area contributed by atoms with Crippen molar-refractivity contribution in [3.8, 4) is 0 Å². The van der Waals surface area contributed by atoms with E-state index in [2.05, 4.69) is 0 Å². The summed E-state index contributed by atoms with van der Waals surface area (Å²) in [5, 5.41) is 0. The van der Waals surface area contributed by atoms with Gasteiger partial charge in [-0.1, -0.05) is 18.2 Å². The highest BCUT2D eigenvalue weighted by atomic mass is 32.2. The van der Waals surface area contributed by atoms with E-state index in [1.807, 2.05) is 0 Å². The van der Waals surface area contributed by atoms with Crippen molar-refractivity contribution < 1.29 is 18.0 Å². The second kappa shape index (κ2) is 4.56. The molecule has 2 rings (SSSR count). The summed E-state index contributed by atoms with van der Waals surface area (Å²) in [5.74, 6) is -1.43. The van der Waals surface area contributed by atoms with Crippen LogP contribution in [-0.4, -0.2) is 25.0 Å². The highest BCUT2D eigenvalue weighted by Gasteiger charge is 2.44. The number of nitrogens with zero attached hydrogens (tertiary/aromatic N) is 1. The fourth-order valence-corrected chi connectivity index (χ4v) is 3.03. The fourth-order valence-electron chi connectivity index (χ4n) is 1.79. The first-order valence-corrected chi connectivity index (χ1v) is 7.54. The lowest BCUT2D eigenvalue weighted by atomic mass is 10.3. The minimum Gasteiger partial charge on any atom is -0.269 e. The van der Waals surface area contributed by atoms with E-state index < -0.39 is 31.3 Å². The van der Waals surface area contributed by atoms with Gasteiger partial charge in [0.25, 0.3) is 11.8 Å². The average Bonchev–Trinajstić information content (AvgIpc) is 2.65. The molecule has 5 nitrogen and oxygen atoms in total. The molecule has 0 fully saturated rings. The van der Waals surface area contributed by atoms with E-state index in [0.717, 1.165) is 11.0 Å². The molecule has 2 amide bonds. The zero-order valence-corrected chi connectivity index (χ0v) is 12.3. The molecule has 1 aliphatic heterocycles. The zero-order valence-electron chi connectivity index (χ0n) is 11.5. The Morgan fingerprint density at radius 3 is 2.05 bits per heavy atom. The van der Waals surface area contributed by atoms with Gasteiger partial charge in [-0.2, -0.15) is 0 Å². The molecule has 0 unspecified atom stereocenters. The Balaban J connectivity index is 2.46. The van der Waals surface area contributed by atoms with Crippen LogP contribution >= 0.6 is 0 Å². The predicted octanol–water partition coefficient (Wildman–Crippen LogP) is 1.66. The number of imide groups is 1. The van der Waals surface area contributed by atoms with Gasteiger partial charge in [-0.15, -0.1) is 0 Å². The van der Waals surface area contributed by atoms with E-state index in [1.54, 1.807) is 30.3 Å². The number of rotatable bonds is 2. The molecule has 0 spiro atoms. The van der Waals surface area contributed by atoms with Crippen LogP contribution in [-0.2, 0) is 19.4 Å². The lowest BCUT2D eigenvalue weighted by Gasteiger charge is -2.20. The normalized spacial score (nSPS) is 16.6. The summed E-state index contributed by atoms with van der Waals surface area (Å²) in [6.45, 7) is 4.48. The van der Waals surface area contributed by atoms with Gasteiger partial charge in [-0.05, 0) is 32.9 Å². The molecule has 0 saturated carbocycles. The number of hydrogen-bond acceptors (Lipinski definition) is 4. The van der Waals surface area contributed by atoms with Crippen molar-refractivity contribution in [2.75, 3.05) is 4.90 Å². The quantitative estimate of drug-likeness (QED) is 0.777. The molecule has 0 bridgehead atoms. The molecule has 20 heavy (non-hydrogen) atoms. The molecular formula is C14H15NO4S. The maximum absolute atomic E-state index is 12.3. The van der Waals surface area contributed by atoms with Crippen LogP contribution in [0.4, 0.5) is 5.69 Å². The van der Waals surface area contributed by atoms with Crippen LogP contribution < -0.4 is 4.90 Å². The molecule has 0 N–H and O–H groups in total. The third-order valence-electron chi connectivity index (χ3n) is 3.00. The van der Waals surface area contributed by atoms with Crippen LogP contribution in [0.1, 0.15) is 20.8 Å². The number of amides is 2. The summed E-state index contributed by atoms with van der Waals surface area (Å²) in [6.07, 6.45) is 0.899. The van der Waals surface area contributed by atoms with Gasteiger partial charge in [-0.25, -0.2) is 13.3 Å². The lowest BCUT2D eigenvalue weighted by Crippen LogP contribution is -2.36. The van der Waals surface area contributed by atoms with E-state index in [0.29, 0.717) is 5.69 Å². The van der Waals surface area contributed by atoms with Gasteiger partial charge in [0.1, 0.15) is 4.91 Å². The molecule has 0 atom stereocenters. The minimum absolute atomic E-state index is 0.359. The summed E-state index contributed by atoms with van der Waals surface area (Å²) in [7, 11) is -3.85. The van der Waals surface area contributed by atoms with Crippen molar-refractivity contribution >= 4 is 27.3 Å². The van der Waals surface area contributed by atoms with Crippen molar-refractivity contribution in [2.45, 2.75) is 25.5 Å². The number of anilines is 1. The van der Waals surface area contributed by atoms with Gasteiger partial charge in [0.15, 0.2) is 9.84 Å². The predicted molar refractivity (Wildman–Crippen MR) is 75.7 cm³/mol. The molecule has 1 aromatic rings. The van der Waals surface area contributed by atoms with Crippen LogP contribution in [0, 0.1) is 0 Å². The van der Waals surface area contributed by atoms with Crippen LogP contribution in [0.3, 0.4) is 0 Å². The SMILES string of the molecule is CC(C)(C)S(=O)(=O)C1=CC(=O)N(c2ccccc2)C1=O. The van der Waals surface area contributed by atoms with Crippen molar-refractivity contribution in [1.82, 2.24) is 0 Å². The number of benzene rings is 1. The first-order valence-electron chi connectivity index (χ1n) is 6.06. The van der Waals surface area contributed by atoms with Crippen molar-refractivity contribution in [3.63, 3.8) is 0 Å². The van der Waals surface area contributed by atoms with E-state index in [4.69, 9.17) is 0 Å². The van der Waals surface area contributed by atoms with Gasteiger partial charge in [-0.3, -0.25) is 9.59 Å². The average molecular weight is 293 g/mol. The molecule has 0 aliphatic carbocycles. The molecular weight excluding hydrogens is 278 g/mol. The Hall–Kier alpha value is -1.95. The smallest absolute Gasteiger partial charge is 0.269 e. The highest BCUT2D eigenvalue weighted by molar-refractivity contribution is 7.97. The summed E-state index contributed by atoms with van der Waals surface area (Å²) in [5.41, 5.74) is 0.359. The van der Waals surface area contributed by atoms with Crippen LogP contribution in [0.5, 0.6) is 0 Å². The number of carbonyl (C=O) groups excluding carboxylic acids is 2. The van der Waals surface area contributed by atoms with Gasteiger partial charge in [0.05, 0.1) is 10.4 Å². The van der Waals surface area contributed by atoms with Crippen LogP contribution in [0.15, 0.2) is 41.3 Å². The van der Waals surface area contributed by atoms with Gasteiger partial charge < -0.3 is 0 Å². The van der Waals surface area contributed by atoms with Crippen LogP contribution in [0.2, 0.25) is 0 Å². The molecule has 0 aromatic heterocycles. The minimum atomic E-state index is -3.85. The zero-order chi connectivity index (χ0) is 15.1. The van der Waals surface area contributed by atoms with E-state index in [1.165, 1.54) is 20.8 Å². The number of hydrogen-bond donors (Lipinski definition) is 0. The Kier molecular flexibility index (Phi) is 3.29. The van der Waals surface area contributed by atoms with Gasteiger partial charge >= 0.3 is 0 Å². The molecule has 1 aliphatic rings. The van der Waals surface area contributed by atoms with Gasteiger partial charge in [0.2, 0.25) is 0 Å². The third kappa shape index (κ3) is 2.16. The van der Waals surface area contributed by atoms with Gasteiger partial charge in [0, 0.05) is 6.08 Å². The third-order valence-corrected chi connectivity index (χ3v) is 5.48. The standard InChI is InChI=1S/C14H15NO4S/c1-14(2,3)20(18,19)11-9-12(16)15(13(11)17)10-7-5-4-6-8-10/h4-9H,1-3H3. The van der Waals surface area contributed by atoms with Crippen molar-refractivity contribution in [1.29, 1.82) is 0 Å². The second-order valence-electron chi connectivity index (χ2n) is 5.44. The first-order chi connectivity index (χ1) is 9.16. The molecule has 0 saturated heterocycles. The Morgan fingerprint density at radius 1 is 1.00 bits per heavy atom. The van der Waals surface area contributed by atoms with E-state index in [-0.39, 0.29) is 0 Å². The maximum atomic E-state index is 12.3. The molecule has 0 radical (unpaired) electrons. The number of sulfone groups is 1. The van der Waals surface area contributed by atoms with Crippen LogP contribution in [0.25, 0.3) is 0 Å². The van der Waals surface area contributed by atoms with Crippen molar-refractivity contribution in [2.24, 2.45) is 0 Å². The molecule has 6 heteroatoms. The van der Waals surface area contributed by atoms with E-state index >= 15 is 0 Å². The topological polar surface area (TPSA) is 71.5 Å². The summed E-state index contributed by atoms with van der Waals surface area (Å²) < 4.78 is 23.5.